The van der Waals surface area contributed by atoms with Gasteiger partial charge in [0.25, 0.3) is 0 Å². The molecule has 0 saturated heterocycles. The molecule has 0 saturated carbocycles. The van der Waals surface area contributed by atoms with E-state index in [0.717, 1.165) is 18.2 Å². The van der Waals surface area contributed by atoms with Gasteiger partial charge in [0, 0.05) is 29.5 Å². The number of benzene rings is 2. The highest BCUT2D eigenvalue weighted by Crippen LogP contribution is 2.23. The Morgan fingerprint density at radius 1 is 1.10 bits per heavy atom. The Morgan fingerprint density at radius 2 is 1.76 bits per heavy atom. The van der Waals surface area contributed by atoms with Crippen molar-refractivity contribution < 1.29 is 18.3 Å². The zero-order valence-electron chi connectivity index (χ0n) is 11.3. The van der Waals surface area contributed by atoms with Gasteiger partial charge >= 0.3 is 0 Å². The van der Waals surface area contributed by atoms with E-state index in [2.05, 4.69) is 0 Å². The molecule has 0 atom stereocenters. The summed E-state index contributed by atoms with van der Waals surface area (Å²) < 4.78 is 31.3. The molecule has 2 rings (SSSR count). The van der Waals surface area contributed by atoms with Gasteiger partial charge in [-0.05, 0) is 35.9 Å². The molecule has 2 nitrogen and oxygen atoms in total. The number of carbonyl (C=O) groups excluding carboxylic acids is 1. The molecule has 0 fully saturated rings. The van der Waals surface area contributed by atoms with E-state index in [0.29, 0.717) is 21.9 Å². The van der Waals surface area contributed by atoms with E-state index < -0.39 is 11.6 Å². The Morgan fingerprint density at radius 3 is 2.38 bits per heavy atom. The summed E-state index contributed by atoms with van der Waals surface area (Å²) in [6.45, 7) is 0. The molecule has 5 heteroatoms. The standard InChI is InChI=1S/C16H13ClF2O2/c1-21-16-3-2-12(17)7-11(16)8-15(20)6-10-4-13(18)9-14(19)5-10/h2-5,7,9H,6,8H2,1H3. The number of Topliss-reactive ketones (excluding diaryl/α,β-unsaturated/α-hetero) is 1. The van der Waals surface area contributed by atoms with Crippen LogP contribution in [0.1, 0.15) is 11.1 Å². The number of ketones is 1. The fourth-order valence-electron chi connectivity index (χ4n) is 2.10. The van der Waals surface area contributed by atoms with Gasteiger partial charge in [-0.1, -0.05) is 11.6 Å². The summed E-state index contributed by atoms with van der Waals surface area (Å²) in [6.07, 6.45) is 0.0339. The lowest BCUT2D eigenvalue weighted by atomic mass is 10.0. The number of rotatable bonds is 5. The number of hydrogen-bond donors (Lipinski definition) is 0. The fraction of sp³-hybridized carbons (Fsp3) is 0.188. The maximum absolute atomic E-state index is 13.1. The smallest absolute Gasteiger partial charge is 0.141 e. The fourth-order valence-corrected chi connectivity index (χ4v) is 2.30. The van der Waals surface area contributed by atoms with Gasteiger partial charge < -0.3 is 4.74 Å². The number of hydrogen-bond acceptors (Lipinski definition) is 2. The maximum atomic E-state index is 13.1. The molecule has 2 aromatic rings. The van der Waals surface area contributed by atoms with Crippen molar-refractivity contribution in [3.63, 3.8) is 0 Å². The molecular weight excluding hydrogens is 298 g/mol. The lowest BCUT2D eigenvalue weighted by molar-refractivity contribution is -0.117. The first-order valence-corrected chi connectivity index (χ1v) is 6.65. The minimum atomic E-state index is -0.696. The lowest BCUT2D eigenvalue weighted by Gasteiger charge is -2.08. The molecular formula is C16H13ClF2O2. The third-order valence-corrected chi connectivity index (χ3v) is 3.19. The third-order valence-electron chi connectivity index (χ3n) is 2.95. The van der Waals surface area contributed by atoms with Gasteiger partial charge in [-0.25, -0.2) is 8.78 Å². The van der Waals surface area contributed by atoms with Crippen molar-refractivity contribution in [3.05, 3.63) is 64.2 Å². The number of halogens is 3. The van der Waals surface area contributed by atoms with Crippen molar-refractivity contribution in [2.45, 2.75) is 12.8 Å². The van der Waals surface area contributed by atoms with E-state index in [1.54, 1.807) is 18.2 Å². The highest BCUT2D eigenvalue weighted by atomic mass is 35.5. The van der Waals surface area contributed by atoms with Crippen LogP contribution >= 0.6 is 11.6 Å². The van der Waals surface area contributed by atoms with E-state index in [1.165, 1.54) is 7.11 Å². The van der Waals surface area contributed by atoms with Gasteiger partial charge in [0.15, 0.2) is 0 Å². The summed E-state index contributed by atoms with van der Waals surface area (Å²) in [5.74, 6) is -1.02. The predicted molar refractivity (Wildman–Crippen MR) is 76.8 cm³/mol. The first kappa shape index (κ1) is 15.4. The van der Waals surface area contributed by atoms with Crippen LogP contribution in [-0.2, 0) is 17.6 Å². The van der Waals surface area contributed by atoms with Gasteiger partial charge in [0.1, 0.15) is 23.2 Å². The summed E-state index contributed by atoms with van der Waals surface area (Å²) in [5, 5.41) is 0.496. The van der Waals surface area contributed by atoms with E-state index in [1.807, 2.05) is 0 Å². The first-order valence-electron chi connectivity index (χ1n) is 6.27. The number of methoxy groups -OCH3 is 1. The molecule has 21 heavy (non-hydrogen) atoms. The molecule has 0 N–H and O–H groups in total. The SMILES string of the molecule is COc1ccc(Cl)cc1CC(=O)Cc1cc(F)cc(F)c1. The second kappa shape index (κ2) is 6.68. The van der Waals surface area contributed by atoms with Crippen LogP contribution in [0.3, 0.4) is 0 Å². The summed E-state index contributed by atoms with van der Waals surface area (Å²) in [5.41, 5.74) is 0.949. The average molecular weight is 311 g/mol. The number of ether oxygens (including phenoxy) is 1. The molecule has 0 heterocycles. The third kappa shape index (κ3) is 4.26. The van der Waals surface area contributed by atoms with Crippen LogP contribution in [0, 0.1) is 11.6 Å². The molecule has 0 aliphatic carbocycles. The maximum Gasteiger partial charge on any atom is 0.141 e. The Balaban J connectivity index is 2.13. The minimum Gasteiger partial charge on any atom is -0.496 e. The van der Waals surface area contributed by atoms with Crippen LogP contribution < -0.4 is 4.74 Å². The molecule has 0 bridgehead atoms. The molecule has 0 spiro atoms. The van der Waals surface area contributed by atoms with Crippen molar-refractivity contribution in [1.82, 2.24) is 0 Å². The summed E-state index contributed by atoms with van der Waals surface area (Å²) in [4.78, 5) is 12.0. The van der Waals surface area contributed by atoms with Gasteiger partial charge in [0.2, 0.25) is 0 Å². The second-order valence-corrected chi connectivity index (χ2v) is 5.06. The molecule has 0 amide bonds. The molecule has 0 unspecified atom stereocenters. The largest absolute Gasteiger partial charge is 0.496 e. The zero-order chi connectivity index (χ0) is 15.4. The topological polar surface area (TPSA) is 26.3 Å². The van der Waals surface area contributed by atoms with Crippen molar-refractivity contribution in [2.75, 3.05) is 7.11 Å². The van der Waals surface area contributed by atoms with Gasteiger partial charge in [0.05, 0.1) is 7.11 Å². The van der Waals surface area contributed by atoms with Gasteiger partial charge in [-0.2, -0.15) is 0 Å². The van der Waals surface area contributed by atoms with Gasteiger partial charge in [-0.15, -0.1) is 0 Å². The van der Waals surface area contributed by atoms with Crippen molar-refractivity contribution in [2.24, 2.45) is 0 Å². The van der Waals surface area contributed by atoms with Crippen LogP contribution in [0.4, 0.5) is 8.78 Å². The Labute approximate surface area is 126 Å². The summed E-state index contributed by atoms with van der Waals surface area (Å²) in [7, 11) is 1.50. The first-order chi connectivity index (χ1) is 9.97. The molecule has 0 radical (unpaired) electrons. The van der Waals surface area contributed by atoms with Crippen molar-refractivity contribution in [3.8, 4) is 5.75 Å². The Bertz CT molecular complexity index is 651. The van der Waals surface area contributed by atoms with Crippen molar-refractivity contribution >= 4 is 17.4 Å². The van der Waals surface area contributed by atoms with Crippen LogP contribution in [0.25, 0.3) is 0 Å². The van der Waals surface area contributed by atoms with Crippen LogP contribution in [0.5, 0.6) is 5.75 Å². The van der Waals surface area contributed by atoms with E-state index in [9.17, 15) is 13.6 Å². The molecule has 110 valence electrons. The summed E-state index contributed by atoms with van der Waals surface area (Å²) in [6, 6.07) is 8.05. The highest BCUT2D eigenvalue weighted by molar-refractivity contribution is 6.30. The van der Waals surface area contributed by atoms with Crippen LogP contribution in [0.2, 0.25) is 5.02 Å². The molecule has 0 aliphatic rings. The van der Waals surface area contributed by atoms with Crippen LogP contribution in [-0.4, -0.2) is 12.9 Å². The quantitative estimate of drug-likeness (QED) is 0.835. The van der Waals surface area contributed by atoms with E-state index in [4.69, 9.17) is 16.3 Å². The molecule has 2 aromatic carbocycles. The van der Waals surface area contributed by atoms with E-state index in [-0.39, 0.29) is 18.6 Å². The predicted octanol–water partition coefficient (Wildman–Crippen LogP) is 3.98. The normalized spacial score (nSPS) is 10.5. The zero-order valence-corrected chi connectivity index (χ0v) is 12.1. The highest BCUT2D eigenvalue weighted by Gasteiger charge is 2.11. The van der Waals surface area contributed by atoms with Gasteiger partial charge in [-0.3, -0.25) is 4.79 Å². The van der Waals surface area contributed by atoms with Crippen LogP contribution in [0.15, 0.2) is 36.4 Å². The average Bonchev–Trinajstić information content (AvgIpc) is 2.37. The Hall–Kier alpha value is -1.94. The van der Waals surface area contributed by atoms with Crippen molar-refractivity contribution in [1.29, 1.82) is 0 Å². The lowest BCUT2D eigenvalue weighted by Crippen LogP contribution is -2.08. The minimum absolute atomic E-state index is 0.0512. The molecule has 0 aromatic heterocycles. The summed E-state index contributed by atoms with van der Waals surface area (Å²) >= 11 is 5.89. The Kier molecular flexibility index (Phi) is 4.91. The second-order valence-electron chi connectivity index (χ2n) is 4.63. The number of carbonyl (C=O) groups is 1. The van der Waals surface area contributed by atoms with E-state index >= 15 is 0 Å². The molecule has 0 aliphatic heterocycles. The monoisotopic (exact) mass is 310 g/mol.